The van der Waals surface area contributed by atoms with Gasteiger partial charge in [-0.25, -0.2) is 0 Å². The van der Waals surface area contributed by atoms with Gasteiger partial charge in [-0.05, 0) is 31.6 Å². The molecule has 0 nitrogen and oxygen atoms in total. The molecule has 1 aliphatic rings. The van der Waals surface area contributed by atoms with Gasteiger partial charge in [0, 0.05) is 0 Å². The van der Waals surface area contributed by atoms with Crippen LogP contribution in [0.5, 0.6) is 0 Å². The molecule has 0 heterocycles. The third-order valence-electron chi connectivity index (χ3n) is 2.78. The highest BCUT2D eigenvalue weighted by Gasteiger charge is 2.20. The van der Waals surface area contributed by atoms with Gasteiger partial charge in [-0.3, -0.25) is 0 Å². The van der Waals surface area contributed by atoms with Gasteiger partial charge < -0.3 is 0 Å². The molecule has 1 saturated carbocycles. The van der Waals surface area contributed by atoms with Crippen molar-refractivity contribution in [2.24, 2.45) is 5.92 Å². The van der Waals surface area contributed by atoms with E-state index in [-0.39, 0.29) is 0 Å². The molecule has 0 atom stereocenters. The Balaban J connectivity index is 2.19. The molecule has 1 fully saturated rings. The van der Waals surface area contributed by atoms with Crippen molar-refractivity contribution in [1.82, 2.24) is 0 Å². The molecule has 0 radical (unpaired) electrons. The van der Waals surface area contributed by atoms with Gasteiger partial charge in [0.2, 0.25) is 0 Å². The van der Waals surface area contributed by atoms with Gasteiger partial charge in [0.1, 0.15) is 0 Å². The Morgan fingerprint density at radius 1 is 1.38 bits per heavy atom. The van der Waals surface area contributed by atoms with Crippen LogP contribution >= 0.6 is 0 Å². The molecule has 1 rings (SSSR count). The van der Waals surface area contributed by atoms with Crippen LogP contribution in [-0.4, -0.2) is 0 Å². The molecular weight excluding hydrogens is 156 g/mol. The van der Waals surface area contributed by atoms with Crippen molar-refractivity contribution in [2.45, 2.75) is 51.9 Å². The van der Waals surface area contributed by atoms with Crippen molar-refractivity contribution in [3.05, 3.63) is 24.3 Å². The highest BCUT2D eigenvalue weighted by Crippen LogP contribution is 2.35. The Labute approximate surface area is 82.7 Å². The van der Waals surface area contributed by atoms with Crippen LogP contribution < -0.4 is 0 Å². The summed E-state index contributed by atoms with van der Waals surface area (Å²) in [6.45, 7) is 6.03. The fourth-order valence-corrected chi connectivity index (χ4v) is 1.66. The van der Waals surface area contributed by atoms with Gasteiger partial charge in [0.15, 0.2) is 0 Å². The number of hydrogen-bond donors (Lipinski definition) is 0. The molecule has 74 valence electrons. The summed E-state index contributed by atoms with van der Waals surface area (Å²) in [5.41, 5.74) is 1.61. The van der Waals surface area contributed by atoms with Gasteiger partial charge in [-0.1, -0.05) is 50.5 Å². The molecule has 0 N–H and O–H groups in total. The van der Waals surface area contributed by atoms with Crippen LogP contribution in [0.3, 0.4) is 0 Å². The van der Waals surface area contributed by atoms with Crippen molar-refractivity contribution in [2.75, 3.05) is 0 Å². The molecular formula is C13H22. The van der Waals surface area contributed by atoms with Gasteiger partial charge in [0.05, 0.1) is 0 Å². The Bertz CT molecular complexity index is 172. The summed E-state index contributed by atoms with van der Waals surface area (Å²) >= 11 is 0. The van der Waals surface area contributed by atoms with Crippen LogP contribution in [0.15, 0.2) is 24.3 Å². The van der Waals surface area contributed by atoms with Gasteiger partial charge in [-0.15, -0.1) is 0 Å². The molecule has 13 heavy (non-hydrogen) atoms. The van der Waals surface area contributed by atoms with E-state index >= 15 is 0 Å². The lowest BCUT2D eigenvalue weighted by molar-refractivity contribution is 0.679. The summed E-state index contributed by atoms with van der Waals surface area (Å²) in [7, 11) is 0. The Morgan fingerprint density at radius 3 is 2.69 bits per heavy atom. The first kappa shape index (κ1) is 10.6. The predicted octanol–water partition coefficient (Wildman–Crippen LogP) is 4.48. The Morgan fingerprint density at radius 2 is 2.15 bits per heavy atom. The zero-order chi connectivity index (χ0) is 9.52. The standard InChI is InChI=1S/C13H22/c1-3-5-7-12(6-4-2)8-9-13-10-11-13/h4,6,13H,2-3,5,7-11H2,1H3. The van der Waals surface area contributed by atoms with E-state index in [0.717, 1.165) is 5.92 Å². The third kappa shape index (κ3) is 4.92. The zero-order valence-electron chi connectivity index (χ0n) is 8.89. The quantitative estimate of drug-likeness (QED) is 0.504. The van der Waals surface area contributed by atoms with Crippen LogP contribution in [0, 0.1) is 5.92 Å². The molecule has 0 bridgehead atoms. The van der Waals surface area contributed by atoms with Crippen LogP contribution in [0.25, 0.3) is 0 Å². The Kier molecular flexibility index (Phi) is 4.88. The molecule has 1 aliphatic carbocycles. The van der Waals surface area contributed by atoms with Gasteiger partial charge in [-0.2, -0.15) is 0 Å². The van der Waals surface area contributed by atoms with Gasteiger partial charge >= 0.3 is 0 Å². The van der Waals surface area contributed by atoms with Gasteiger partial charge in [0.25, 0.3) is 0 Å². The largest absolute Gasteiger partial charge is 0.0991 e. The monoisotopic (exact) mass is 178 g/mol. The first-order chi connectivity index (χ1) is 6.36. The van der Waals surface area contributed by atoms with E-state index in [1.165, 1.54) is 44.9 Å². The van der Waals surface area contributed by atoms with E-state index in [9.17, 15) is 0 Å². The highest BCUT2D eigenvalue weighted by molar-refractivity contribution is 5.10. The average molecular weight is 178 g/mol. The fourth-order valence-electron chi connectivity index (χ4n) is 1.66. The molecule has 0 heteroatoms. The molecule has 0 unspecified atom stereocenters. The topological polar surface area (TPSA) is 0 Å². The van der Waals surface area contributed by atoms with E-state index < -0.39 is 0 Å². The normalized spacial score (nSPS) is 17.5. The van der Waals surface area contributed by atoms with Crippen LogP contribution in [-0.2, 0) is 0 Å². The zero-order valence-corrected chi connectivity index (χ0v) is 8.89. The van der Waals surface area contributed by atoms with Crippen LogP contribution in [0.4, 0.5) is 0 Å². The first-order valence-electron chi connectivity index (χ1n) is 5.67. The number of unbranched alkanes of at least 4 members (excludes halogenated alkanes) is 1. The van der Waals surface area contributed by atoms with E-state index in [4.69, 9.17) is 0 Å². The molecule has 0 spiro atoms. The minimum Gasteiger partial charge on any atom is -0.0991 e. The lowest BCUT2D eigenvalue weighted by Crippen LogP contribution is -1.86. The molecule has 0 aromatic rings. The van der Waals surface area contributed by atoms with Crippen molar-refractivity contribution in [1.29, 1.82) is 0 Å². The number of allylic oxidation sites excluding steroid dienone is 3. The van der Waals surface area contributed by atoms with Crippen molar-refractivity contribution < 1.29 is 0 Å². The Hall–Kier alpha value is -0.520. The minimum absolute atomic E-state index is 1.06. The molecule has 0 saturated heterocycles. The maximum atomic E-state index is 3.77. The molecule has 0 amide bonds. The third-order valence-corrected chi connectivity index (χ3v) is 2.78. The van der Waals surface area contributed by atoms with E-state index in [1.54, 1.807) is 5.57 Å². The summed E-state index contributed by atoms with van der Waals surface area (Å²) in [5.74, 6) is 1.06. The van der Waals surface area contributed by atoms with Crippen LogP contribution in [0.2, 0.25) is 0 Å². The van der Waals surface area contributed by atoms with Crippen molar-refractivity contribution in [3.63, 3.8) is 0 Å². The summed E-state index contributed by atoms with van der Waals surface area (Å²) in [6.07, 6.45) is 13.8. The van der Waals surface area contributed by atoms with E-state index in [2.05, 4.69) is 19.6 Å². The summed E-state index contributed by atoms with van der Waals surface area (Å²) < 4.78 is 0. The van der Waals surface area contributed by atoms with Crippen molar-refractivity contribution in [3.8, 4) is 0 Å². The smallest absolute Gasteiger partial charge is 0.0315 e. The lowest BCUT2D eigenvalue weighted by Gasteiger charge is -2.04. The summed E-state index contributed by atoms with van der Waals surface area (Å²) in [4.78, 5) is 0. The SMILES string of the molecule is C=CC=C(CCCC)CCC1CC1. The maximum absolute atomic E-state index is 3.77. The second kappa shape index (κ2) is 6.01. The highest BCUT2D eigenvalue weighted by atomic mass is 14.3. The predicted molar refractivity (Wildman–Crippen MR) is 59.8 cm³/mol. The number of rotatable bonds is 7. The lowest BCUT2D eigenvalue weighted by atomic mass is 10.0. The molecule has 0 aliphatic heterocycles. The second-order valence-corrected chi connectivity index (χ2v) is 4.15. The van der Waals surface area contributed by atoms with Crippen LogP contribution in [0.1, 0.15) is 51.9 Å². The molecule has 0 aromatic heterocycles. The van der Waals surface area contributed by atoms with E-state index in [1.807, 2.05) is 6.08 Å². The fraction of sp³-hybridized carbons (Fsp3) is 0.692. The number of hydrogen-bond acceptors (Lipinski definition) is 0. The molecule has 0 aromatic carbocycles. The van der Waals surface area contributed by atoms with E-state index in [0.29, 0.717) is 0 Å². The minimum atomic E-state index is 1.06. The summed E-state index contributed by atoms with van der Waals surface area (Å²) in [6, 6.07) is 0. The second-order valence-electron chi connectivity index (χ2n) is 4.15. The first-order valence-corrected chi connectivity index (χ1v) is 5.67. The maximum Gasteiger partial charge on any atom is -0.0315 e. The summed E-state index contributed by atoms with van der Waals surface area (Å²) in [5, 5.41) is 0. The average Bonchev–Trinajstić information content (AvgIpc) is 2.93. The van der Waals surface area contributed by atoms with Crippen molar-refractivity contribution >= 4 is 0 Å².